The van der Waals surface area contributed by atoms with Crippen molar-refractivity contribution in [1.29, 1.82) is 0 Å². The van der Waals surface area contributed by atoms with Crippen LogP contribution in [0.3, 0.4) is 0 Å². The molecule has 0 unspecified atom stereocenters. The van der Waals surface area contributed by atoms with Crippen LogP contribution in [0.5, 0.6) is 0 Å². The second kappa shape index (κ2) is 5.14. The van der Waals surface area contributed by atoms with E-state index in [1.165, 1.54) is 12.1 Å². The zero-order valence-corrected chi connectivity index (χ0v) is 9.96. The van der Waals surface area contributed by atoms with E-state index in [0.29, 0.717) is 24.6 Å². The van der Waals surface area contributed by atoms with Crippen molar-refractivity contribution >= 4 is 17.0 Å². The first-order valence-corrected chi connectivity index (χ1v) is 5.66. The van der Waals surface area contributed by atoms with Gasteiger partial charge in [-0.15, -0.1) is 0 Å². The van der Waals surface area contributed by atoms with Gasteiger partial charge in [-0.3, -0.25) is 0 Å². The van der Waals surface area contributed by atoms with Crippen molar-refractivity contribution in [2.24, 2.45) is 0 Å². The van der Waals surface area contributed by atoms with Crippen LogP contribution in [0.25, 0.3) is 11.0 Å². The van der Waals surface area contributed by atoms with Crippen molar-refractivity contribution < 1.29 is 9.13 Å². The minimum Gasteiger partial charge on any atom is -0.377 e. The second-order valence-corrected chi connectivity index (χ2v) is 4.09. The van der Waals surface area contributed by atoms with E-state index < -0.39 is 0 Å². The third-order valence-corrected chi connectivity index (χ3v) is 2.29. The normalized spacial score (nSPS) is 11.3. The fraction of sp³-hybridized carbons (Fsp3) is 0.417. The number of nitrogens with zero attached hydrogens (tertiary/aromatic N) is 1. The average molecular weight is 237 g/mol. The molecule has 4 nitrogen and oxygen atoms in total. The zero-order chi connectivity index (χ0) is 12.3. The van der Waals surface area contributed by atoms with E-state index in [-0.39, 0.29) is 11.9 Å². The quantitative estimate of drug-likeness (QED) is 0.786. The Labute approximate surface area is 99.2 Å². The van der Waals surface area contributed by atoms with Crippen LogP contribution in [0.1, 0.15) is 13.8 Å². The lowest BCUT2D eigenvalue weighted by atomic mass is 10.3. The summed E-state index contributed by atoms with van der Waals surface area (Å²) < 4.78 is 18.3. The summed E-state index contributed by atoms with van der Waals surface area (Å²) in [6.07, 6.45) is 0.224. The Morgan fingerprint density at radius 1 is 1.47 bits per heavy atom. The Kier molecular flexibility index (Phi) is 3.58. The van der Waals surface area contributed by atoms with Gasteiger partial charge in [-0.1, -0.05) is 0 Å². The summed E-state index contributed by atoms with van der Waals surface area (Å²) in [6.45, 7) is 5.26. The number of ether oxygens (including phenoxy) is 1. The monoisotopic (exact) mass is 237 g/mol. The number of nitrogens with one attached hydrogen (secondary N) is 2. The van der Waals surface area contributed by atoms with E-state index in [1.807, 2.05) is 13.8 Å². The molecule has 1 aromatic carbocycles. The number of fused-ring (bicyclic) bond motifs is 1. The maximum absolute atomic E-state index is 13.0. The molecule has 0 aliphatic rings. The molecule has 0 saturated carbocycles. The molecule has 0 amide bonds. The second-order valence-electron chi connectivity index (χ2n) is 4.09. The van der Waals surface area contributed by atoms with Crippen molar-refractivity contribution in [3.05, 3.63) is 24.0 Å². The van der Waals surface area contributed by atoms with Gasteiger partial charge in [0.15, 0.2) is 0 Å². The molecule has 0 atom stereocenters. The van der Waals surface area contributed by atoms with Crippen molar-refractivity contribution in [3.63, 3.8) is 0 Å². The van der Waals surface area contributed by atoms with E-state index >= 15 is 0 Å². The first-order valence-electron chi connectivity index (χ1n) is 5.66. The van der Waals surface area contributed by atoms with Crippen LogP contribution in [-0.2, 0) is 4.74 Å². The summed E-state index contributed by atoms with van der Waals surface area (Å²) in [5.74, 6) is 0.369. The summed E-state index contributed by atoms with van der Waals surface area (Å²) in [7, 11) is 0. The third-order valence-electron chi connectivity index (χ3n) is 2.29. The predicted molar refractivity (Wildman–Crippen MR) is 65.6 cm³/mol. The van der Waals surface area contributed by atoms with Gasteiger partial charge in [0.2, 0.25) is 5.95 Å². The molecule has 0 bridgehead atoms. The largest absolute Gasteiger partial charge is 0.377 e. The maximum Gasteiger partial charge on any atom is 0.201 e. The molecular weight excluding hydrogens is 221 g/mol. The number of hydrogen-bond acceptors (Lipinski definition) is 3. The van der Waals surface area contributed by atoms with Crippen LogP contribution in [0.2, 0.25) is 0 Å². The Balaban J connectivity index is 1.95. The van der Waals surface area contributed by atoms with E-state index in [9.17, 15) is 4.39 Å². The smallest absolute Gasteiger partial charge is 0.201 e. The highest BCUT2D eigenvalue weighted by Gasteiger charge is 2.03. The molecule has 1 heterocycles. The van der Waals surface area contributed by atoms with E-state index in [2.05, 4.69) is 15.3 Å². The number of hydrogen-bond donors (Lipinski definition) is 2. The maximum atomic E-state index is 13.0. The zero-order valence-electron chi connectivity index (χ0n) is 9.96. The predicted octanol–water partition coefficient (Wildman–Crippen LogP) is 2.54. The van der Waals surface area contributed by atoms with Gasteiger partial charge in [-0.25, -0.2) is 9.37 Å². The number of benzene rings is 1. The van der Waals surface area contributed by atoms with E-state index in [1.54, 1.807) is 6.07 Å². The van der Waals surface area contributed by atoms with E-state index in [0.717, 1.165) is 5.52 Å². The molecule has 17 heavy (non-hydrogen) atoms. The first-order chi connectivity index (χ1) is 8.15. The Bertz CT molecular complexity index is 495. The summed E-state index contributed by atoms with van der Waals surface area (Å²) in [6, 6.07) is 4.48. The van der Waals surface area contributed by atoms with Crippen LogP contribution < -0.4 is 5.32 Å². The van der Waals surface area contributed by atoms with Gasteiger partial charge in [0.1, 0.15) is 5.82 Å². The average Bonchev–Trinajstić information content (AvgIpc) is 2.66. The summed E-state index contributed by atoms with van der Waals surface area (Å²) in [5.41, 5.74) is 1.44. The molecule has 0 aliphatic heterocycles. The highest BCUT2D eigenvalue weighted by molar-refractivity contribution is 5.77. The molecule has 0 radical (unpaired) electrons. The number of aromatic amines is 1. The van der Waals surface area contributed by atoms with Gasteiger partial charge in [0.05, 0.1) is 23.7 Å². The molecule has 1 aromatic heterocycles. The third kappa shape index (κ3) is 3.17. The molecular formula is C12H16FN3O. The van der Waals surface area contributed by atoms with Gasteiger partial charge < -0.3 is 15.0 Å². The minimum atomic E-state index is -0.268. The van der Waals surface area contributed by atoms with Crippen LogP contribution >= 0.6 is 0 Å². The lowest BCUT2D eigenvalue weighted by Gasteiger charge is -2.07. The van der Waals surface area contributed by atoms with Gasteiger partial charge in [0, 0.05) is 6.54 Å². The van der Waals surface area contributed by atoms with Gasteiger partial charge in [-0.05, 0) is 32.0 Å². The number of anilines is 1. The molecule has 92 valence electrons. The summed E-state index contributed by atoms with van der Waals surface area (Å²) >= 11 is 0. The van der Waals surface area contributed by atoms with Crippen LogP contribution in [0.15, 0.2) is 18.2 Å². The number of imidazole rings is 1. The number of rotatable bonds is 5. The molecule has 0 spiro atoms. The minimum absolute atomic E-state index is 0.224. The summed E-state index contributed by atoms with van der Waals surface area (Å²) in [4.78, 5) is 7.29. The lowest BCUT2D eigenvalue weighted by molar-refractivity contribution is 0.0870. The van der Waals surface area contributed by atoms with Crippen LogP contribution in [-0.4, -0.2) is 29.2 Å². The van der Waals surface area contributed by atoms with Gasteiger partial charge in [0.25, 0.3) is 0 Å². The van der Waals surface area contributed by atoms with Gasteiger partial charge in [-0.2, -0.15) is 0 Å². The highest BCUT2D eigenvalue weighted by atomic mass is 19.1. The topological polar surface area (TPSA) is 49.9 Å². The Morgan fingerprint density at radius 3 is 3.06 bits per heavy atom. The van der Waals surface area contributed by atoms with Gasteiger partial charge >= 0.3 is 0 Å². The molecule has 2 N–H and O–H groups in total. The first kappa shape index (κ1) is 11.9. The standard InChI is InChI=1S/C12H16FN3O/c1-8(2)17-6-5-14-12-15-10-4-3-9(13)7-11(10)16-12/h3-4,7-8H,5-6H2,1-2H3,(H2,14,15,16). The number of halogens is 1. The SMILES string of the molecule is CC(C)OCCNc1nc2ccc(F)cc2[nH]1. The molecule has 0 saturated heterocycles. The Morgan fingerprint density at radius 2 is 2.29 bits per heavy atom. The fourth-order valence-electron chi connectivity index (χ4n) is 1.53. The van der Waals surface area contributed by atoms with Crippen molar-refractivity contribution in [1.82, 2.24) is 9.97 Å². The fourth-order valence-corrected chi connectivity index (χ4v) is 1.53. The number of aromatic nitrogens is 2. The lowest BCUT2D eigenvalue weighted by Crippen LogP contribution is -2.13. The van der Waals surface area contributed by atoms with E-state index in [4.69, 9.17) is 4.74 Å². The molecule has 0 fully saturated rings. The van der Waals surface area contributed by atoms with Crippen LogP contribution in [0.4, 0.5) is 10.3 Å². The molecule has 2 rings (SSSR count). The van der Waals surface area contributed by atoms with Crippen molar-refractivity contribution in [2.75, 3.05) is 18.5 Å². The van der Waals surface area contributed by atoms with Crippen LogP contribution in [0, 0.1) is 5.82 Å². The Hall–Kier alpha value is -1.62. The highest BCUT2D eigenvalue weighted by Crippen LogP contribution is 2.15. The van der Waals surface area contributed by atoms with Crippen molar-refractivity contribution in [3.8, 4) is 0 Å². The molecule has 0 aliphatic carbocycles. The summed E-state index contributed by atoms with van der Waals surface area (Å²) in [5, 5.41) is 3.09. The molecule has 2 aromatic rings. The molecule has 5 heteroatoms. The number of H-pyrrole nitrogens is 1. The van der Waals surface area contributed by atoms with Crippen molar-refractivity contribution in [2.45, 2.75) is 20.0 Å².